The minimum Gasteiger partial charge on any atom is -0.462 e. The van der Waals surface area contributed by atoms with Crippen LogP contribution in [0.15, 0.2) is 22.6 Å². The van der Waals surface area contributed by atoms with Crippen molar-refractivity contribution in [1.29, 1.82) is 0 Å². The summed E-state index contributed by atoms with van der Waals surface area (Å²) in [4.78, 5) is 35.9. The summed E-state index contributed by atoms with van der Waals surface area (Å²) in [6, 6.07) is 2.62. The lowest BCUT2D eigenvalue weighted by molar-refractivity contribution is -0.402. The Hall–Kier alpha value is -2.94. The number of esters is 1. The number of rotatable bonds is 7. The van der Waals surface area contributed by atoms with Crippen molar-refractivity contribution in [2.24, 2.45) is 0 Å². The summed E-state index contributed by atoms with van der Waals surface area (Å²) >= 11 is 1.40. The first-order valence-electron chi connectivity index (χ1n) is 9.04. The van der Waals surface area contributed by atoms with Gasteiger partial charge in [0.1, 0.15) is 15.7 Å². The van der Waals surface area contributed by atoms with Gasteiger partial charge in [-0.1, -0.05) is 6.92 Å². The second kappa shape index (κ2) is 8.83. The summed E-state index contributed by atoms with van der Waals surface area (Å²) in [7, 11) is 0. The minimum absolute atomic E-state index is 0.190. The van der Waals surface area contributed by atoms with E-state index in [0.29, 0.717) is 17.2 Å². The summed E-state index contributed by atoms with van der Waals surface area (Å²) in [5.74, 6) is -1.08. The van der Waals surface area contributed by atoms with Crippen LogP contribution >= 0.6 is 11.3 Å². The first-order chi connectivity index (χ1) is 13.5. The van der Waals surface area contributed by atoms with Gasteiger partial charge >= 0.3 is 11.9 Å². The third-order valence-corrected chi connectivity index (χ3v) is 5.45. The van der Waals surface area contributed by atoms with E-state index >= 15 is 0 Å². The topological polar surface area (TPSA) is 112 Å². The molecule has 148 valence electrons. The Morgan fingerprint density at radius 1 is 1.36 bits per heavy atom. The Balaban J connectivity index is 1.77. The van der Waals surface area contributed by atoms with Crippen LogP contribution in [0.3, 0.4) is 0 Å². The summed E-state index contributed by atoms with van der Waals surface area (Å²) in [6.45, 7) is 2.25. The van der Waals surface area contributed by atoms with E-state index in [-0.39, 0.29) is 5.76 Å². The highest BCUT2D eigenvalue weighted by atomic mass is 32.1. The van der Waals surface area contributed by atoms with Gasteiger partial charge in [0.15, 0.2) is 0 Å². The molecule has 2 aromatic rings. The van der Waals surface area contributed by atoms with E-state index in [2.05, 4.69) is 5.32 Å². The maximum atomic E-state index is 12.5. The smallest absolute Gasteiger partial charge is 0.433 e. The third-order valence-electron chi connectivity index (χ3n) is 4.24. The van der Waals surface area contributed by atoms with Gasteiger partial charge in [0.2, 0.25) is 5.91 Å². The Morgan fingerprint density at radius 3 is 2.86 bits per heavy atom. The standard InChI is InChI=1S/C19H20N2O6S/c1-2-11-26-19(23)17-13-5-3-4-6-14(13)28-18(17)20-15(22)9-7-12-8-10-16(27-12)21(24)25/h7-10H,2-6,11H2,1H3,(H,20,22)/b9-7+. The molecule has 0 aromatic carbocycles. The molecule has 1 aliphatic carbocycles. The van der Waals surface area contributed by atoms with E-state index in [1.54, 1.807) is 0 Å². The number of ether oxygens (including phenoxy) is 1. The number of furan rings is 1. The molecule has 0 unspecified atom stereocenters. The van der Waals surface area contributed by atoms with Gasteiger partial charge in [0, 0.05) is 11.0 Å². The molecule has 2 aromatic heterocycles. The zero-order valence-corrected chi connectivity index (χ0v) is 16.2. The zero-order chi connectivity index (χ0) is 20.1. The number of hydrogen-bond donors (Lipinski definition) is 1. The van der Waals surface area contributed by atoms with Gasteiger partial charge in [-0.15, -0.1) is 11.3 Å². The summed E-state index contributed by atoms with van der Waals surface area (Å²) in [5, 5.41) is 13.9. The maximum absolute atomic E-state index is 12.5. The maximum Gasteiger partial charge on any atom is 0.433 e. The molecule has 0 saturated heterocycles. The molecule has 2 heterocycles. The number of amides is 1. The Morgan fingerprint density at radius 2 is 2.14 bits per heavy atom. The molecule has 0 fully saturated rings. The third kappa shape index (κ3) is 4.48. The summed E-state index contributed by atoms with van der Waals surface area (Å²) < 4.78 is 10.3. The van der Waals surface area contributed by atoms with Crippen molar-refractivity contribution in [3.05, 3.63) is 50.1 Å². The molecule has 0 bridgehead atoms. The predicted molar refractivity (Wildman–Crippen MR) is 105 cm³/mol. The number of carbonyl (C=O) groups excluding carboxylic acids is 2. The highest BCUT2D eigenvalue weighted by Crippen LogP contribution is 2.38. The van der Waals surface area contributed by atoms with E-state index in [9.17, 15) is 19.7 Å². The van der Waals surface area contributed by atoms with E-state index in [4.69, 9.17) is 9.15 Å². The average Bonchev–Trinajstić information content (AvgIpc) is 3.29. The number of nitro groups is 1. The first kappa shape index (κ1) is 19.8. The van der Waals surface area contributed by atoms with Gasteiger partial charge < -0.3 is 14.5 Å². The highest BCUT2D eigenvalue weighted by molar-refractivity contribution is 7.17. The number of hydrogen-bond acceptors (Lipinski definition) is 7. The van der Waals surface area contributed by atoms with Gasteiger partial charge in [-0.05, 0) is 49.8 Å². The Bertz CT molecular complexity index is 927. The number of fused-ring (bicyclic) bond motifs is 1. The highest BCUT2D eigenvalue weighted by Gasteiger charge is 2.27. The monoisotopic (exact) mass is 404 g/mol. The van der Waals surface area contributed by atoms with Crippen LogP contribution in [0.5, 0.6) is 0 Å². The number of thiophene rings is 1. The number of nitrogens with one attached hydrogen (secondary N) is 1. The second-order valence-electron chi connectivity index (χ2n) is 6.31. The molecule has 0 radical (unpaired) electrons. The Kier molecular flexibility index (Phi) is 6.25. The van der Waals surface area contributed by atoms with Crippen molar-refractivity contribution < 1.29 is 23.7 Å². The van der Waals surface area contributed by atoms with Gasteiger partial charge in [0.25, 0.3) is 0 Å². The molecule has 8 nitrogen and oxygen atoms in total. The van der Waals surface area contributed by atoms with Crippen LogP contribution in [0.1, 0.15) is 52.7 Å². The lowest BCUT2D eigenvalue weighted by Gasteiger charge is -2.12. The fraction of sp³-hybridized carbons (Fsp3) is 0.368. The van der Waals surface area contributed by atoms with Crippen LogP contribution < -0.4 is 5.32 Å². The number of nitrogens with zero attached hydrogens (tertiary/aromatic N) is 1. The van der Waals surface area contributed by atoms with Crippen LogP contribution in [-0.2, 0) is 22.4 Å². The van der Waals surface area contributed by atoms with Crippen LogP contribution in [-0.4, -0.2) is 23.4 Å². The first-order valence-corrected chi connectivity index (χ1v) is 9.86. The fourth-order valence-corrected chi connectivity index (χ4v) is 4.26. The van der Waals surface area contributed by atoms with E-state index in [1.807, 2.05) is 6.92 Å². The van der Waals surface area contributed by atoms with Gasteiger partial charge in [-0.2, -0.15) is 0 Å². The van der Waals surface area contributed by atoms with E-state index < -0.39 is 22.7 Å². The molecule has 1 aliphatic rings. The van der Waals surface area contributed by atoms with Crippen LogP contribution in [0.25, 0.3) is 6.08 Å². The van der Waals surface area contributed by atoms with Crippen LogP contribution in [0, 0.1) is 10.1 Å². The van der Waals surface area contributed by atoms with Crippen molar-refractivity contribution in [2.75, 3.05) is 11.9 Å². The van der Waals surface area contributed by atoms with E-state index in [1.165, 1.54) is 35.6 Å². The molecule has 28 heavy (non-hydrogen) atoms. The fourth-order valence-electron chi connectivity index (χ4n) is 2.98. The molecule has 0 atom stereocenters. The van der Waals surface area contributed by atoms with Crippen molar-refractivity contribution in [1.82, 2.24) is 0 Å². The van der Waals surface area contributed by atoms with Gasteiger partial charge in [-0.25, -0.2) is 4.79 Å². The SMILES string of the molecule is CCCOC(=O)c1c(NC(=O)/C=C/c2ccc([N+](=O)[O-])o2)sc2c1CCCC2. The number of aryl methyl sites for hydroxylation is 1. The molecule has 1 N–H and O–H groups in total. The quantitative estimate of drug-likeness (QED) is 0.318. The van der Waals surface area contributed by atoms with E-state index in [0.717, 1.165) is 42.5 Å². The normalized spacial score (nSPS) is 13.3. The molecule has 1 amide bonds. The predicted octanol–water partition coefficient (Wildman–Crippen LogP) is 4.35. The van der Waals surface area contributed by atoms with Gasteiger partial charge in [0.05, 0.1) is 18.2 Å². The average molecular weight is 404 g/mol. The second-order valence-corrected chi connectivity index (χ2v) is 7.41. The molecule has 0 saturated carbocycles. The molecular formula is C19H20N2O6S. The van der Waals surface area contributed by atoms with Crippen molar-refractivity contribution in [3.63, 3.8) is 0 Å². The molecule has 9 heteroatoms. The lowest BCUT2D eigenvalue weighted by Crippen LogP contribution is -2.14. The van der Waals surface area contributed by atoms with Crippen LogP contribution in [0.4, 0.5) is 10.9 Å². The number of carbonyl (C=O) groups is 2. The minimum atomic E-state index is -0.651. The van der Waals surface area contributed by atoms with Crippen molar-refractivity contribution in [2.45, 2.75) is 39.0 Å². The summed E-state index contributed by atoms with van der Waals surface area (Å²) in [6.07, 6.45) is 7.01. The molecular weight excluding hydrogens is 384 g/mol. The lowest BCUT2D eigenvalue weighted by atomic mass is 9.95. The molecule has 0 aliphatic heterocycles. The van der Waals surface area contributed by atoms with Crippen LogP contribution in [0.2, 0.25) is 0 Å². The largest absolute Gasteiger partial charge is 0.462 e. The van der Waals surface area contributed by atoms with Crippen molar-refractivity contribution in [3.8, 4) is 0 Å². The number of anilines is 1. The summed E-state index contributed by atoms with van der Waals surface area (Å²) in [5.41, 5.74) is 1.42. The van der Waals surface area contributed by atoms with Gasteiger partial charge in [-0.3, -0.25) is 14.9 Å². The Labute approximate surface area is 165 Å². The molecule has 3 rings (SSSR count). The van der Waals surface area contributed by atoms with Crippen molar-refractivity contribution >= 4 is 40.2 Å². The molecule has 0 spiro atoms. The zero-order valence-electron chi connectivity index (χ0n) is 15.4.